The SMILES string of the molecule is COc1cccc(CC(=O)OCC(=O)NCc2ccccc2Br)c1. The number of hydrogen-bond donors (Lipinski definition) is 1. The van der Waals surface area contributed by atoms with Crippen LogP contribution in [0, 0.1) is 0 Å². The van der Waals surface area contributed by atoms with Crippen molar-refractivity contribution in [2.45, 2.75) is 13.0 Å². The zero-order valence-corrected chi connectivity index (χ0v) is 14.8. The zero-order valence-electron chi connectivity index (χ0n) is 13.3. The highest BCUT2D eigenvalue weighted by Crippen LogP contribution is 2.15. The molecule has 1 amide bonds. The number of esters is 1. The Morgan fingerprint density at radius 3 is 2.67 bits per heavy atom. The number of ether oxygens (including phenoxy) is 2. The second-order valence-electron chi connectivity index (χ2n) is 5.06. The van der Waals surface area contributed by atoms with Crippen molar-refractivity contribution in [1.82, 2.24) is 5.32 Å². The van der Waals surface area contributed by atoms with Crippen molar-refractivity contribution in [3.8, 4) is 5.75 Å². The summed E-state index contributed by atoms with van der Waals surface area (Å²) in [6.45, 7) is 0.0704. The lowest BCUT2D eigenvalue weighted by atomic mass is 10.1. The van der Waals surface area contributed by atoms with E-state index in [0.29, 0.717) is 12.3 Å². The molecule has 0 spiro atoms. The van der Waals surface area contributed by atoms with E-state index in [1.165, 1.54) is 0 Å². The summed E-state index contributed by atoms with van der Waals surface area (Å²) in [5.41, 5.74) is 1.72. The fourth-order valence-corrected chi connectivity index (χ4v) is 2.46. The first kappa shape index (κ1) is 18.0. The molecule has 0 atom stereocenters. The number of methoxy groups -OCH3 is 1. The van der Waals surface area contributed by atoms with E-state index >= 15 is 0 Å². The van der Waals surface area contributed by atoms with Gasteiger partial charge in [0.25, 0.3) is 5.91 Å². The molecule has 0 radical (unpaired) electrons. The molecule has 6 heteroatoms. The number of nitrogens with one attached hydrogen (secondary N) is 1. The van der Waals surface area contributed by atoms with Gasteiger partial charge in [0, 0.05) is 11.0 Å². The first-order valence-electron chi connectivity index (χ1n) is 7.37. The Kier molecular flexibility index (Phi) is 6.81. The topological polar surface area (TPSA) is 64.6 Å². The molecular weight excluding hydrogens is 374 g/mol. The van der Waals surface area contributed by atoms with Crippen LogP contribution in [0.5, 0.6) is 5.75 Å². The Labute approximate surface area is 149 Å². The lowest BCUT2D eigenvalue weighted by molar-refractivity contribution is -0.147. The van der Waals surface area contributed by atoms with Crippen LogP contribution in [0.3, 0.4) is 0 Å². The van der Waals surface area contributed by atoms with Crippen LogP contribution in [-0.4, -0.2) is 25.6 Å². The van der Waals surface area contributed by atoms with E-state index in [1.807, 2.05) is 24.3 Å². The van der Waals surface area contributed by atoms with Crippen LogP contribution in [0.2, 0.25) is 0 Å². The predicted molar refractivity (Wildman–Crippen MR) is 93.6 cm³/mol. The number of carbonyl (C=O) groups excluding carboxylic acids is 2. The van der Waals surface area contributed by atoms with Crippen LogP contribution in [0.4, 0.5) is 0 Å². The Balaban J connectivity index is 1.75. The summed E-state index contributed by atoms with van der Waals surface area (Å²) in [5, 5.41) is 2.71. The van der Waals surface area contributed by atoms with Gasteiger partial charge in [0.15, 0.2) is 6.61 Å². The van der Waals surface area contributed by atoms with Crippen molar-refractivity contribution in [2.24, 2.45) is 0 Å². The number of hydrogen-bond acceptors (Lipinski definition) is 4. The van der Waals surface area contributed by atoms with Crippen LogP contribution in [0.15, 0.2) is 53.0 Å². The molecule has 0 heterocycles. The summed E-state index contributed by atoms with van der Waals surface area (Å²) in [7, 11) is 1.56. The van der Waals surface area contributed by atoms with E-state index in [4.69, 9.17) is 9.47 Å². The highest BCUT2D eigenvalue weighted by molar-refractivity contribution is 9.10. The van der Waals surface area contributed by atoms with Crippen molar-refractivity contribution in [1.29, 1.82) is 0 Å². The van der Waals surface area contributed by atoms with Gasteiger partial charge in [-0.2, -0.15) is 0 Å². The van der Waals surface area contributed by atoms with Gasteiger partial charge in [-0.15, -0.1) is 0 Å². The number of carbonyl (C=O) groups is 2. The van der Waals surface area contributed by atoms with E-state index < -0.39 is 5.97 Å². The Bertz CT molecular complexity index is 718. The van der Waals surface area contributed by atoms with Gasteiger partial charge in [-0.25, -0.2) is 0 Å². The zero-order chi connectivity index (χ0) is 17.4. The third kappa shape index (κ3) is 5.70. The van der Waals surface area contributed by atoms with Crippen molar-refractivity contribution in [3.05, 3.63) is 64.1 Å². The second kappa shape index (κ2) is 9.08. The number of rotatable bonds is 7. The van der Waals surface area contributed by atoms with Crippen LogP contribution < -0.4 is 10.1 Å². The van der Waals surface area contributed by atoms with Crippen molar-refractivity contribution in [2.75, 3.05) is 13.7 Å². The lowest BCUT2D eigenvalue weighted by Gasteiger charge is -2.08. The van der Waals surface area contributed by atoms with E-state index in [2.05, 4.69) is 21.2 Å². The molecule has 0 fully saturated rings. The van der Waals surface area contributed by atoms with Gasteiger partial charge in [-0.1, -0.05) is 46.3 Å². The summed E-state index contributed by atoms with van der Waals surface area (Å²) in [6, 6.07) is 14.7. The predicted octanol–water partition coefficient (Wildman–Crippen LogP) is 2.86. The Hall–Kier alpha value is -2.34. The molecule has 0 bridgehead atoms. The minimum Gasteiger partial charge on any atom is -0.497 e. The molecular formula is C18H18BrNO4. The molecule has 1 N–H and O–H groups in total. The monoisotopic (exact) mass is 391 g/mol. The molecule has 0 aliphatic rings. The average molecular weight is 392 g/mol. The van der Waals surface area contributed by atoms with Gasteiger partial charge in [-0.05, 0) is 29.3 Å². The lowest BCUT2D eigenvalue weighted by Crippen LogP contribution is -2.28. The molecule has 0 saturated carbocycles. The van der Waals surface area contributed by atoms with Crippen molar-refractivity contribution in [3.63, 3.8) is 0 Å². The molecule has 126 valence electrons. The van der Waals surface area contributed by atoms with E-state index in [1.54, 1.807) is 31.4 Å². The first-order valence-corrected chi connectivity index (χ1v) is 8.16. The van der Waals surface area contributed by atoms with Gasteiger partial charge in [-0.3, -0.25) is 9.59 Å². The number of amides is 1. The molecule has 0 unspecified atom stereocenters. The summed E-state index contributed by atoms with van der Waals surface area (Å²) < 4.78 is 11.0. The molecule has 0 aromatic heterocycles. The number of benzene rings is 2. The van der Waals surface area contributed by atoms with Gasteiger partial charge in [0.05, 0.1) is 13.5 Å². The maximum atomic E-state index is 11.8. The summed E-state index contributed by atoms with van der Waals surface area (Å²) >= 11 is 3.41. The maximum absolute atomic E-state index is 11.8. The first-order chi connectivity index (χ1) is 11.6. The molecule has 2 aromatic rings. The van der Waals surface area contributed by atoms with Crippen LogP contribution in [0.25, 0.3) is 0 Å². The summed E-state index contributed by atoms with van der Waals surface area (Å²) in [5.74, 6) is -0.129. The normalized spacial score (nSPS) is 10.1. The smallest absolute Gasteiger partial charge is 0.310 e. The highest BCUT2D eigenvalue weighted by atomic mass is 79.9. The molecule has 0 saturated heterocycles. The van der Waals surface area contributed by atoms with Crippen LogP contribution in [-0.2, 0) is 27.3 Å². The Morgan fingerprint density at radius 1 is 1.12 bits per heavy atom. The Morgan fingerprint density at radius 2 is 1.92 bits per heavy atom. The average Bonchev–Trinajstić information content (AvgIpc) is 2.59. The fraction of sp³-hybridized carbons (Fsp3) is 0.222. The second-order valence-corrected chi connectivity index (χ2v) is 5.91. The third-order valence-corrected chi connectivity index (χ3v) is 4.05. The summed E-state index contributed by atoms with van der Waals surface area (Å²) in [6.07, 6.45) is 0.0920. The van der Waals surface area contributed by atoms with E-state index in [9.17, 15) is 9.59 Å². The highest BCUT2D eigenvalue weighted by Gasteiger charge is 2.09. The standard InChI is InChI=1S/C18H18BrNO4/c1-23-15-7-4-5-13(9-15)10-18(22)24-12-17(21)20-11-14-6-2-3-8-16(14)19/h2-9H,10-12H2,1H3,(H,20,21). The van der Waals surface area contributed by atoms with E-state index in [-0.39, 0.29) is 18.9 Å². The number of halogens is 1. The van der Waals surface area contributed by atoms with Crippen molar-refractivity contribution < 1.29 is 19.1 Å². The van der Waals surface area contributed by atoms with Crippen LogP contribution >= 0.6 is 15.9 Å². The van der Waals surface area contributed by atoms with Crippen LogP contribution in [0.1, 0.15) is 11.1 Å². The molecule has 2 rings (SSSR count). The van der Waals surface area contributed by atoms with Gasteiger partial charge < -0.3 is 14.8 Å². The molecule has 24 heavy (non-hydrogen) atoms. The van der Waals surface area contributed by atoms with Crippen molar-refractivity contribution >= 4 is 27.8 Å². The largest absolute Gasteiger partial charge is 0.497 e. The van der Waals surface area contributed by atoms with Gasteiger partial charge in [0.2, 0.25) is 0 Å². The maximum Gasteiger partial charge on any atom is 0.310 e. The minimum absolute atomic E-state index is 0.0920. The molecule has 0 aliphatic carbocycles. The van der Waals surface area contributed by atoms with E-state index in [0.717, 1.165) is 15.6 Å². The van der Waals surface area contributed by atoms with Gasteiger partial charge in [0.1, 0.15) is 5.75 Å². The molecule has 2 aromatic carbocycles. The fourth-order valence-electron chi connectivity index (χ4n) is 2.03. The minimum atomic E-state index is -0.459. The molecule has 5 nitrogen and oxygen atoms in total. The molecule has 0 aliphatic heterocycles. The quantitative estimate of drug-likeness (QED) is 0.737. The van der Waals surface area contributed by atoms with Gasteiger partial charge >= 0.3 is 5.97 Å². The third-order valence-electron chi connectivity index (χ3n) is 3.28. The summed E-state index contributed by atoms with van der Waals surface area (Å²) in [4.78, 5) is 23.6.